The first-order chi connectivity index (χ1) is 6.25. The van der Waals surface area contributed by atoms with E-state index in [2.05, 4.69) is 30.7 Å². The number of nitrogens with zero attached hydrogens (tertiary/aromatic N) is 1. The van der Waals surface area contributed by atoms with Crippen LogP contribution in [0.5, 0.6) is 0 Å². The number of nitrogens with two attached hydrogens (primary N) is 1. The average Bonchev–Trinajstić information content (AvgIpc) is 2.41. The highest BCUT2D eigenvalue weighted by Gasteiger charge is 2.08. The highest BCUT2D eigenvalue weighted by atomic mass is 15.0. The lowest BCUT2D eigenvalue weighted by atomic mass is 10.2. The number of hydrogen-bond acceptors (Lipinski definition) is 1. The van der Waals surface area contributed by atoms with Crippen molar-refractivity contribution in [2.45, 2.75) is 13.3 Å². The maximum absolute atomic E-state index is 6.03. The first-order valence-corrected chi connectivity index (χ1v) is 4.57. The second-order valence-corrected chi connectivity index (χ2v) is 3.29. The fourth-order valence-electron chi connectivity index (χ4n) is 1.90. The lowest BCUT2D eigenvalue weighted by molar-refractivity contribution is 0.868. The van der Waals surface area contributed by atoms with Crippen LogP contribution in [0.3, 0.4) is 0 Å². The molecule has 0 bridgehead atoms. The first-order valence-electron chi connectivity index (χ1n) is 4.57. The zero-order valence-electron chi connectivity index (χ0n) is 8.04. The zero-order chi connectivity index (χ0) is 9.42. The van der Waals surface area contributed by atoms with Gasteiger partial charge in [-0.2, -0.15) is 0 Å². The Morgan fingerprint density at radius 2 is 2.00 bits per heavy atom. The predicted molar refractivity (Wildman–Crippen MR) is 56.7 cm³/mol. The van der Waals surface area contributed by atoms with Gasteiger partial charge in [0, 0.05) is 18.1 Å². The Labute approximate surface area is 78.0 Å². The minimum absolute atomic E-state index is 0.931. The number of benzene rings is 1. The molecule has 0 radical (unpaired) electrons. The van der Waals surface area contributed by atoms with Gasteiger partial charge in [-0.05, 0) is 12.5 Å². The van der Waals surface area contributed by atoms with Crippen LogP contribution < -0.4 is 5.73 Å². The maximum atomic E-state index is 6.03. The summed E-state index contributed by atoms with van der Waals surface area (Å²) >= 11 is 0. The van der Waals surface area contributed by atoms with E-state index in [1.165, 1.54) is 16.6 Å². The fraction of sp³-hybridized carbons (Fsp3) is 0.273. The van der Waals surface area contributed by atoms with Crippen molar-refractivity contribution in [1.82, 2.24) is 4.57 Å². The van der Waals surface area contributed by atoms with Gasteiger partial charge in [0.2, 0.25) is 0 Å². The molecular formula is C11H14N2. The first kappa shape index (κ1) is 8.17. The molecule has 2 aromatic rings. The largest absolute Gasteiger partial charge is 0.397 e. The van der Waals surface area contributed by atoms with Gasteiger partial charge in [0.1, 0.15) is 0 Å². The molecular weight excluding hydrogens is 160 g/mol. The molecule has 0 saturated heterocycles. The summed E-state index contributed by atoms with van der Waals surface area (Å²) in [6, 6.07) is 8.24. The molecule has 1 aromatic heterocycles. The molecule has 0 atom stereocenters. The smallest absolute Gasteiger partial charge is 0.0606 e. The second-order valence-electron chi connectivity index (χ2n) is 3.29. The SMILES string of the molecule is CCc1c(N)c2ccccc2n1C. The van der Waals surface area contributed by atoms with Crippen molar-refractivity contribution in [1.29, 1.82) is 0 Å². The third-order valence-corrected chi connectivity index (χ3v) is 2.61. The number of hydrogen-bond donors (Lipinski definition) is 1. The van der Waals surface area contributed by atoms with E-state index in [9.17, 15) is 0 Å². The molecule has 0 aliphatic rings. The summed E-state index contributed by atoms with van der Waals surface area (Å²) in [5, 5.41) is 1.17. The van der Waals surface area contributed by atoms with Gasteiger partial charge in [-0.1, -0.05) is 25.1 Å². The van der Waals surface area contributed by atoms with Crippen molar-refractivity contribution >= 4 is 16.6 Å². The van der Waals surface area contributed by atoms with E-state index in [1.54, 1.807) is 0 Å². The average molecular weight is 174 g/mol. The minimum atomic E-state index is 0.931. The summed E-state index contributed by atoms with van der Waals surface area (Å²) in [5.74, 6) is 0. The Morgan fingerprint density at radius 3 is 2.62 bits per heavy atom. The van der Waals surface area contributed by atoms with Crippen LogP contribution in [0.15, 0.2) is 24.3 Å². The van der Waals surface area contributed by atoms with Crippen LogP contribution in [0.4, 0.5) is 5.69 Å². The van der Waals surface area contributed by atoms with Crippen LogP contribution in [-0.2, 0) is 13.5 Å². The number of para-hydroxylation sites is 1. The van der Waals surface area contributed by atoms with Crippen LogP contribution >= 0.6 is 0 Å². The van der Waals surface area contributed by atoms with Crippen molar-refractivity contribution in [3.63, 3.8) is 0 Å². The molecule has 0 fully saturated rings. The molecule has 0 aliphatic heterocycles. The van der Waals surface area contributed by atoms with E-state index in [4.69, 9.17) is 5.73 Å². The van der Waals surface area contributed by atoms with Gasteiger partial charge in [0.25, 0.3) is 0 Å². The Bertz CT molecular complexity index is 402. The summed E-state index contributed by atoms with van der Waals surface area (Å²) < 4.78 is 2.17. The van der Waals surface area contributed by atoms with Crippen LogP contribution in [-0.4, -0.2) is 4.57 Å². The van der Waals surface area contributed by atoms with Crippen LogP contribution in [0.2, 0.25) is 0 Å². The lowest BCUT2D eigenvalue weighted by Crippen LogP contribution is -1.96. The second kappa shape index (κ2) is 2.80. The molecule has 0 saturated carbocycles. The molecule has 1 aromatic carbocycles. The van der Waals surface area contributed by atoms with Gasteiger partial charge < -0.3 is 10.3 Å². The van der Waals surface area contributed by atoms with Gasteiger partial charge in [-0.3, -0.25) is 0 Å². The number of aromatic nitrogens is 1. The van der Waals surface area contributed by atoms with Crippen molar-refractivity contribution in [3.8, 4) is 0 Å². The summed E-state index contributed by atoms with van der Waals surface area (Å²) in [5.41, 5.74) is 9.40. The van der Waals surface area contributed by atoms with E-state index in [0.29, 0.717) is 0 Å². The van der Waals surface area contributed by atoms with Crippen molar-refractivity contribution in [3.05, 3.63) is 30.0 Å². The van der Waals surface area contributed by atoms with Gasteiger partial charge in [-0.15, -0.1) is 0 Å². The zero-order valence-corrected chi connectivity index (χ0v) is 8.04. The van der Waals surface area contributed by atoms with Crippen molar-refractivity contribution in [2.75, 3.05) is 5.73 Å². The van der Waals surface area contributed by atoms with Crippen molar-refractivity contribution in [2.24, 2.45) is 7.05 Å². The van der Waals surface area contributed by atoms with Crippen molar-refractivity contribution < 1.29 is 0 Å². The summed E-state index contributed by atoms with van der Waals surface area (Å²) in [7, 11) is 2.07. The topological polar surface area (TPSA) is 30.9 Å². The molecule has 0 unspecified atom stereocenters. The van der Waals surface area contributed by atoms with E-state index in [0.717, 1.165) is 12.1 Å². The standard InChI is InChI=1S/C11H14N2/c1-3-9-11(12)8-6-4-5-7-10(8)13(9)2/h4-7H,3,12H2,1-2H3. The summed E-state index contributed by atoms with van der Waals surface area (Å²) in [4.78, 5) is 0. The van der Waals surface area contributed by atoms with Crippen LogP contribution in [0.1, 0.15) is 12.6 Å². The van der Waals surface area contributed by atoms with Crippen LogP contribution in [0.25, 0.3) is 10.9 Å². The van der Waals surface area contributed by atoms with Gasteiger partial charge in [-0.25, -0.2) is 0 Å². The van der Waals surface area contributed by atoms with E-state index in [1.807, 2.05) is 12.1 Å². The quantitative estimate of drug-likeness (QED) is 0.706. The molecule has 2 heteroatoms. The number of nitrogen functional groups attached to an aromatic ring is 1. The Morgan fingerprint density at radius 1 is 1.31 bits per heavy atom. The lowest BCUT2D eigenvalue weighted by Gasteiger charge is -2.00. The number of fused-ring (bicyclic) bond motifs is 1. The minimum Gasteiger partial charge on any atom is -0.397 e. The Kier molecular flexibility index (Phi) is 1.76. The molecule has 1 heterocycles. The van der Waals surface area contributed by atoms with Gasteiger partial charge >= 0.3 is 0 Å². The molecule has 13 heavy (non-hydrogen) atoms. The summed E-state index contributed by atoms with van der Waals surface area (Å²) in [6.45, 7) is 2.13. The normalized spacial score (nSPS) is 10.9. The fourth-order valence-corrected chi connectivity index (χ4v) is 1.90. The molecule has 0 spiro atoms. The molecule has 2 N–H and O–H groups in total. The number of aryl methyl sites for hydroxylation is 1. The van der Waals surface area contributed by atoms with Gasteiger partial charge in [0.15, 0.2) is 0 Å². The predicted octanol–water partition coefficient (Wildman–Crippen LogP) is 2.32. The highest BCUT2D eigenvalue weighted by Crippen LogP contribution is 2.27. The Balaban J connectivity index is 2.88. The number of rotatable bonds is 1. The molecule has 2 nitrogen and oxygen atoms in total. The van der Waals surface area contributed by atoms with E-state index >= 15 is 0 Å². The highest BCUT2D eigenvalue weighted by molar-refractivity contribution is 5.93. The third kappa shape index (κ3) is 1.02. The summed E-state index contributed by atoms with van der Waals surface area (Å²) in [6.07, 6.45) is 0.983. The molecule has 68 valence electrons. The Hall–Kier alpha value is -1.44. The van der Waals surface area contributed by atoms with Gasteiger partial charge in [0.05, 0.1) is 11.2 Å². The monoisotopic (exact) mass is 174 g/mol. The number of anilines is 1. The van der Waals surface area contributed by atoms with E-state index < -0.39 is 0 Å². The van der Waals surface area contributed by atoms with Crippen LogP contribution in [0, 0.1) is 0 Å². The molecule has 2 rings (SSSR count). The molecule has 0 amide bonds. The third-order valence-electron chi connectivity index (χ3n) is 2.61. The maximum Gasteiger partial charge on any atom is 0.0606 e. The van der Waals surface area contributed by atoms with E-state index in [-0.39, 0.29) is 0 Å². The molecule has 0 aliphatic carbocycles.